The summed E-state index contributed by atoms with van der Waals surface area (Å²) in [6.45, 7) is 3.79. The average molecular weight is 421 g/mol. The molecule has 0 radical (unpaired) electrons. The van der Waals surface area contributed by atoms with Gasteiger partial charge in [-0.1, -0.05) is 68.4 Å². The molecule has 1 aliphatic heterocycles. The maximum atomic E-state index is 13.3. The van der Waals surface area contributed by atoms with E-state index in [0.29, 0.717) is 11.3 Å². The number of para-hydroxylation sites is 2. The van der Waals surface area contributed by atoms with Gasteiger partial charge in [0.15, 0.2) is 0 Å². The zero-order chi connectivity index (χ0) is 21.3. The van der Waals surface area contributed by atoms with Crippen LogP contribution in [0.4, 0.5) is 11.4 Å². The monoisotopic (exact) mass is 420 g/mol. The fourth-order valence-corrected chi connectivity index (χ4v) is 5.61. The van der Waals surface area contributed by atoms with Crippen LogP contribution < -0.4 is 9.62 Å². The maximum Gasteiger partial charge on any atom is 0.265 e. The number of aryl methyl sites for hydroxylation is 2. The molecule has 3 aromatic carbocycles. The van der Waals surface area contributed by atoms with E-state index >= 15 is 0 Å². The number of anilines is 2. The van der Waals surface area contributed by atoms with E-state index in [1.807, 2.05) is 50.2 Å². The number of hydrogen-bond donors (Lipinski definition) is 1. The molecule has 6 heteroatoms. The van der Waals surface area contributed by atoms with Crippen molar-refractivity contribution in [3.63, 3.8) is 0 Å². The number of fused-ring (bicyclic) bond motifs is 3. The lowest BCUT2D eigenvalue weighted by Gasteiger charge is -2.31. The van der Waals surface area contributed by atoms with Gasteiger partial charge in [-0.05, 0) is 36.1 Å². The van der Waals surface area contributed by atoms with Crippen molar-refractivity contribution in [3.8, 4) is 11.1 Å². The first-order valence-corrected chi connectivity index (χ1v) is 11.5. The van der Waals surface area contributed by atoms with Crippen molar-refractivity contribution in [2.24, 2.45) is 0 Å². The van der Waals surface area contributed by atoms with Crippen LogP contribution in [0.1, 0.15) is 25.0 Å². The summed E-state index contributed by atoms with van der Waals surface area (Å²) in [6, 6.07) is 20.1. The number of rotatable bonds is 5. The van der Waals surface area contributed by atoms with E-state index in [1.54, 1.807) is 30.3 Å². The van der Waals surface area contributed by atoms with Crippen LogP contribution in [0.3, 0.4) is 0 Å². The van der Waals surface area contributed by atoms with Crippen LogP contribution in [-0.4, -0.2) is 20.9 Å². The van der Waals surface area contributed by atoms with Crippen LogP contribution in [0.2, 0.25) is 0 Å². The smallest absolute Gasteiger partial charge is 0.265 e. The molecule has 0 bridgehead atoms. The molecular weight excluding hydrogens is 396 g/mol. The van der Waals surface area contributed by atoms with Gasteiger partial charge in [-0.2, -0.15) is 0 Å². The SMILES string of the molecule is CCc1cccc(CC)c1NC(=O)CN1c2ccccc2-c2ccccc2S1(=O)=O. The number of nitrogens with zero attached hydrogens (tertiary/aromatic N) is 1. The molecule has 0 aromatic heterocycles. The van der Waals surface area contributed by atoms with Gasteiger partial charge in [0.25, 0.3) is 10.0 Å². The van der Waals surface area contributed by atoms with E-state index in [4.69, 9.17) is 0 Å². The summed E-state index contributed by atoms with van der Waals surface area (Å²) < 4.78 is 27.9. The lowest BCUT2D eigenvalue weighted by atomic mass is 10.0. The van der Waals surface area contributed by atoms with E-state index in [1.165, 1.54) is 4.31 Å². The van der Waals surface area contributed by atoms with Crippen LogP contribution in [0.5, 0.6) is 0 Å². The molecule has 0 aliphatic carbocycles. The molecule has 1 N–H and O–H groups in total. The summed E-state index contributed by atoms with van der Waals surface area (Å²) in [6.07, 6.45) is 1.56. The second-order valence-electron chi connectivity index (χ2n) is 7.23. The van der Waals surface area contributed by atoms with E-state index in [9.17, 15) is 13.2 Å². The Kier molecular flexibility index (Phi) is 5.35. The highest BCUT2D eigenvalue weighted by atomic mass is 32.2. The molecule has 4 rings (SSSR count). The minimum absolute atomic E-state index is 0.222. The minimum Gasteiger partial charge on any atom is -0.324 e. The van der Waals surface area contributed by atoms with Gasteiger partial charge in [-0.25, -0.2) is 8.42 Å². The van der Waals surface area contributed by atoms with E-state index in [2.05, 4.69) is 5.32 Å². The first kappa shape index (κ1) is 20.2. The van der Waals surface area contributed by atoms with Crippen molar-refractivity contribution in [1.82, 2.24) is 0 Å². The molecular formula is C24H24N2O3S. The first-order chi connectivity index (χ1) is 14.5. The summed E-state index contributed by atoms with van der Waals surface area (Å²) in [5.41, 5.74) is 4.85. The predicted molar refractivity (Wildman–Crippen MR) is 120 cm³/mol. The van der Waals surface area contributed by atoms with E-state index in [-0.39, 0.29) is 17.3 Å². The Bertz CT molecular complexity index is 1200. The molecule has 154 valence electrons. The second kappa shape index (κ2) is 7.95. The van der Waals surface area contributed by atoms with Crippen LogP contribution in [0, 0.1) is 0 Å². The first-order valence-electron chi connectivity index (χ1n) is 10.1. The fraction of sp³-hybridized carbons (Fsp3) is 0.208. The van der Waals surface area contributed by atoms with Gasteiger partial charge in [0.1, 0.15) is 6.54 Å². The Morgan fingerprint density at radius 3 is 2.10 bits per heavy atom. The van der Waals surface area contributed by atoms with Gasteiger partial charge in [-0.15, -0.1) is 0 Å². The van der Waals surface area contributed by atoms with Crippen molar-refractivity contribution < 1.29 is 13.2 Å². The van der Waals surface area contributed by atoms with Crippen molar-refractivity contribution in [3.05, 3.63) is 77.9 Å². The van der Waals surface area contributed by atoms with Gasteiger partial charge in [0, 0.05) is 16.8 Å². The normalized spacial score (nSPS) is 14.0. The van der Waals surface area contributed by atoms with Gasteiger partial charge in [-0.3, -0.25) is 9.10 Å². The minimum atomic E-state index is -3.84. The summed E-state index contributed by atoms with van der Waals surface area (Å²) in [5.74, 6) is -0.358. The average Bonchev–Trinajstić information content (AvgIpc) is 2.77. The number of carbonyl (C=O) groups is 1. The number of carbonyl (C=O) groups excluding carboxylic acids is 1. The molecule has 0 saturated carbocycles. The maximum absolute atomic E-state index is 13.3. The molecule has 1 aliphatic rings. The number of amides is 1. The molecule has 0 spiro atoms. The third-order valence-electron chi connectivity index (χ3n) is 5.47. The largest absolute Gasteiger partial charge is 0.324 e. The Hall–Kier alpha value is -3.12. The summed E-state index contributed by atoms with van der Waals surface area (Å²) in [5, 5.41) is 2.98. The number of benzene rings is 3. The Balaban J connectivity index is 1.71. The van der Waals surface area contributed by atoms with Crippen molar-refractivity contribution in [2.75, 3.05) is 16.2 Å². The van der Waals surface area contributed by atoms with Crippen LogP contribution in [0.25, 0.3) is 11.1 Å². The second-order valence-corrected chi connectivity index (χ2v) is 9.06. The molecule has 0 atom stereocenters. The number of nitrogens with one attached hydrogen (secondary N) is 1. The zero-order valence-corrected chi connectivity index (χ0v) is 17.9. The quantitative estimate of drug-likeness (QED) is 0.655. The highest BCUT2D eigenvalue weighted by molar-refractivity contribution is 7.93. The van der Waals surface area contributed by atoms with Crippen LogP contribution in [0.15, 0.2) is 71.6 Å². The summed E-state index contributed by atoms with van der Waals surface area (Å²) >= 11 is 0. The molecule has 0 unspecified atom stereocenters. The summed E-state index contributed by atoms with van der Waals surface area (Å²) in [7, 11) is -3.84. The van der Waals surface area contributed by atoms with Crippen LogP contribution >= 0.6 is 0 Å². The number of sulfonamides is 1. The zero-order valence-electron chi connectivity index (χ0n) is 17.1. The third-order valence-corrected chi connectivity index (χ3v) is 7.29. The molecule has 3 aromatic rings. The van der Waals surface area contributed by atoms with Crippen molar-refractivity contribution >= 4 is 27.3 Å². The predicted octanol–water partition coefficient (Wildman–Crippen LogP) is 4.63. The third kappa shape index (κ3) is 3.37. The lowest BCUT2D eigenvalue weighted by Crippen LogP contribution is -2.40. The fourth-order valence-electron chi connectivity index (χ4n) is 3.96. The van der Waals surface area contributed by atoms with Crippen molar-refractivity contribution in [1.29, 1.82) is 0 Å². The van der Waals surface area contributed by atoms with Gasteiger partial charge in [0.05, 0.1) is 10.6 Å². The highest BCUT2D eigenvalue weighted by Gasteiger charge is 2.35. The van der Waals surface area contributed by atoms with Crippen molar-refractivity contribution in [2.45, 2.75) is 31.6 Å². The molecule has 0 fully saturated rings. The number of hydrogen-bond acceptors (Lipinski definition) is 3. The lowest BCUT2D eigenvalue weighted by molar-refractivity contribution is -0.114. The standard InChI is InChI=1S/C24H24N2O3S/c1-3-17-10-9-11-18(4-2)24(17)25-23(27)16-26-21-14-7-5-12-19(21)20-13-6-8-15-22(20)30(26,28)29/h5-15H,3-4,16H2,1-2H3,(H,25,27). The molecule has 1 heterocycles. The summed E-state index contributed by atoms with van der Waals surface area (Å²) in [4.78, 5) is 13.2. The van der Waals surface area contributed by atoms with Gasteiger partial charge < -0.3 is 5.32 Å². The molecule has 30 heavy (non-hydrogen) atoms. The Labute approximate surface area is 177 Å². The van der Waals surface area contributed by atoms with E-state index in [0.717, 1.165) is 35.2 Å². The topological polar surface area (TPSA) is 66.5 Å². The van der Waals surface area contributed by atoms with Gasteiger partial charge >= 0.3 is 0 Å². The Morgan fingerprint density at radius 1 is 0.833 bits per heavy atom. The highest BCUT2D eigenvalue weighted by Crippen LogP contribution is 2.42. The van der Waals surface area contributed by atoms with Gasteiger partial charge in [0.2, 0.25) is 5.91 Å². The molecule has 5 nitrogen and oxygen atoms in total. The molecule has 1 amide bonds. The Morgan fingerprint density at radius 2 is 1.43 bits per heavy atom. The molecule has 0 saturated heterocycles. The van der Waals surface area contributed by atoms with E-state index < -0.39 is 10.0 Å². The van der Waals surface area contributed by atoms with Crippen LogP contribution in [-0.2, 0) is 27.7 Å².